The van der Waals surface area contributed by atoms with Crippen LogP contribution in [0.5, 0.6) is 0 Å². The Bertz CT molecular complexity index is 859. The van der Waals surface area contributed by atoms with E-state index in [0.717, 1.165) is 30.4 Å². The second-order valence-electron chi connectivity index (χ2n) is 8.76. The molecular formula is C27H32N2O2. The fraction of sp³-hybridized carbons (Fsp3) is 0.333. The molecule has 1 aliphatic rings. The van der Waals surface area contributed by atoms with Crippen molar-refractivity contribution in [2.75, 3.05) is 0 Å². The van der Waals surface area contributed by atoms with Crippen molar-refractivity contribution in [2.45, 2.75) is 46.2 Å². The summed E-state index contributed by atoms with van der Waals surface area (Å²) in [4.78, 5) is 24.7. The van der Waals surface area contributed by atoms with Gasteiger partial charge in [-0.3, -0.25) is 9.59 Å². The maximum Gasteiger partial charge on any atom is 0.243 e. The molecule has 3 rings (SSSR count). The lowest BCUT2D eigenvalue weighted by atomic mass is 9.67. The van der Waals surface area contributed by atoms with Gasteiger partial charge < -0.3 is 10.6 Å². The minimum Gasteiger partial charge on any atom is -0.348 e. The molecule has 4 nitrogen and oxygen atoms in total. The molecule has 0 aliphatic heterocycles. The lowest BCUT2D eigenvalue weighted by molar-refractivity contribution is -0.117. The van der Waals surface area contributed by atoms with Crippen LogP contribution in [0.2, 0.25) is 0 Å². The van der Waals surface area contributed by atoms with E-state index in [1.165, 1.54) is 0 Å². The van der Waals surface area contributed by atoms with E-state index in [2.05, 4.69) is 24.5 Å². The Kier molecular flexibility index (Phi) is 7.45. The average molecular weight is 417 g/mol. The molecule has 1 aliphatic carbocycles. The summed E-state index contributed by atoms with van der Waals surface area (Å²) in [7, 11) is 0. The number of hydrogen-bond acceptors (Lipinski definition) is 2. The van der Waals surface area contributed by atoms with Crippen LogP contribution in [-0.4, -0.2) is 11.8 Å². The summed E-state index contributed by atoms with van der Waals surface area (Å²) in [5.74, 6) is -0.187. The Morgan fingerprint density at radius 3 is 1.52 bits per heavy atom. The zero-order valence-corrected chi connectivity index (χ0v) is 18.4. The van der Waals surface area contributed by atoms with Crippen molar-refractivity contribution in [3.8, 4) is 0 Å². The maximum absolute atomic E-state index is 12.3. The number of allylic oxidation sites excluding steroid dienone is 2. The first kappa shape index (κ1) is 22.5. The molecule has 0 radical (unpaired) electrons. The SMILES string of the molecule is C[C@]1(/C=C/C(=O)NCc2ccccc2)CCC[C@]1(C)/C=C/C(=O)NCc1ccccc1. The zero-order chi connectivity index (χ0) is 22.2. The highest BCUT2D eigenvalue weighted by molar-refractivity contribution is 5.88. The van der Waals surface area contributed by atoms with Gasteiger partial charge in [-0.25, -0.2) is 0 Å². The van der Waals surface area contributed by atoms with Gasteiger partial charge in [0, 0.05) is 13.1 Å². The number of carbonyl (C=O) groups is 2. The molecule has 4 heteroatoms. The number of hydrogen-bond donors (Lipinski definition) is 2. The van der Waals surface area contributed by atoms with Crippen LogP contribution in [0.15, 0.2) is 85.0 Å². The van der Waals surface area contributed by atoms with Gasteiger partial charge in [0.05, 0.1) is 0 Å². The molecule has 0 unspecified atom stereocenters. The van der Waals surface area contributed by atoms with Crippen LogP contribution in [0.25, 0.3) is 0 Å². The van der Waals surface area contributed by atoms with Crippen LogP contribution >= 0.6 is 0 Å². The highest BCUT2D eigenvalue weighted by Crippen LogP contribution is 2.54. The van der Waals surface area contributed by atoms with Crippen molar-refractivity contribution in [1.82, 2.24) is 10.6 Å². The standard InChI is InChI=1S/C27H32N2O2/c1-26(18-14-24(30)28-20-22-10-5-3-6-11-22)16-9-17-27(26,2)19-15-25(31)29-21-23-12-7-4-8-13-23/h3-8,10-15,18-19H,9,16-17,20-21H2,1-2H3,(H,28,30)(H,29,31)/b18-14+,19-15+/t26-,27-/m1/s1. The second-order valence-corrected chi connectivity index (χ2v) is 8.76. The fourth-order valence-corrected chi connectivity index (χ4v) is 4.15. The summed E-state index contributed by atoms with van der Waals surface area (Å²) in [6.07, 6.45) is 10.4. The van der Waals surface area contributed by atoms with Crippen LogP contribution in [0, 0.1) is 10.8 Å². The maximum atomic E-state index is 12.3. The molecule has 1 saturated carbocycles. The Morgan fingerprint density at radius 2 is 1.13 bits per heavy atom. The van der Waals surface area contributed by atoms with Crippen LogP contribution in [0.1, 0.15) is 44.2 Å². The van der Waals surface area contributed by atoms with Gasteiger partial charge in [0.25, 0.3) is 0 Å². The fourth-order valence-electron chi connectivity index (χ4n) is 4.15. The first-order chi connectivity index (χ1) is 14.9. The number of benzene rings is 2. The van der Waals surface area contributed by atoms with E-state index in [1.807, 2.05) is 72.8 Å². The number of carbonyl (C=O) groups excluding carboxylic acids is 2. The molecule has 162 valence electrons. The zero-order valence-electron chi connectivity index (χ0n) is 18.4. The molecule has 0 spiro atoms. The van der Waals surface area contributed by atoms with Gasteiger partial charge >= 0.3 is 0 Å². The van der Waals surface area contributed by atoms with E-state index in [9.17, 15) is 9.59 Å². The van der Waals surface area contributed by atoms with Crippen molar-refractivity contribution in [1.29, 1.82) is 0 Å². The minimum absolute atomic E-state index is 0.0936. The van der Waals surface area contributed by atoms with E-state index >= 15 is 0 Å². The Balaban J connectivity index is 1.56. The minimum atomic E-state index is -0.173. The Hall–Kier alpha value is -3.14. The summed E-state index contributed by atoms with van der Waals surface area (Å²) in [5, 5.41) is 5.88. The first-order valence-corrected chi connectivity index (χ1v) is 10.9. The van der Waals surface area contributed by atoms with Crippen molar-refractivity contribution >= 4 is 11.8 Å². The van der Waals surface area contributed by atoms with Crippen LogP contribution in [0.3, 0.4) is 0 Å². The Morgan fingerprint density at radius 1 is 0.742 bits per heavy atom. The molecule has 2 amide bonds. The third kappa shape index (κ3) is 6.17. The molecule has 2 aromatic carbocycles. The third-order valence-corrected chi connectivity index (χ3v) is 6.52. The van der Waals surface area contributed by atoms with Gasteiger partial charge in [-0.1, -0.05) is 93.1 Å². The van der Waals surface area contributed by atoms with Crippen molar-refractivity contribution < 1.29 is 9.59 Å². The lowest BCUT2D eigenvalue weighted by Crippen LogP contribution is -2.30. The summed E-state index contributed by atoms with van der Waals surface area (Å²) in [6.45, 7) is 5.37. The van der Waals surface area contributed by atoms with Gasteiger partial charge in [-0.2, -0.15) is 0 Å². The van der Waals surface area contributed by atoms with E-state index in [-0.39, 0.29) is 22.6 Å². The van der Waals surface area contributed by atoms with Crippen LogP contribution in [-0.2, 0) is 22.7 Å². The molecule has 31 heavy (non-hydrogen) atoms. The molecule has 2 N–H and O–H groups in total. The normalized spacial score (nSPS) is 23.3. The summed E-state index contributed by atoms with van der Waals surface area (Å²) in [5.41, 5.74) is 1.80. The highest BCUT2D eigenvalue weighted by Gasteiger charge is 2.45. The van der Waals surface area contributed by atoms with Gasteiger partial charge in [0.1, 0.15) is 0 Å². The molecule has 0 bridgehead atoms. The monoisotopic (exact) mass is 416 g/mol. The van der Waals surface area contributed by atoms with Crippen molar-refractivity contribution in [2.24, 2.45) is 10.8 Å². The molecule has 0 aromatic heterocycles. The smallest absolute Gasteiger partial charge is 0.243 e. The van der Waals surface area contributed by atoms with Gasteiger partial charge in [-0.15, -0.1) is 0 Å². The van der Waals surface area contributed by atoms with Gasteiger partial charge in [0.15, 0.2) is 0 Å². The topological polar surface area (TPSA) is 58.2 Å². The van der Waals surface area contributed by atoms with Crippen LogP contribution in [0.4, 0.5) is 0 Å². The molecule has 0 heterocycles. The molecule has 1 fully saturated rings. The largest absolute Gasteiger partial charge is 0.348 e. The third-order valence-electron chi connectivity index (χ3n) is 6.52. The van der Waals surface area contributed by atoms with E-state index in [4.69, 9.17) is 0 Å². The first-order valence-electron chi connectivity index (χ1n) is 10.9. The number of nitrogens with one attached hydrogen (secondary N) is 2. The Labute approximate surface area is 185 Å². The van der Waals surface area contributed by atoms with Gasteiger partial charge in [0.2, 0.25) is 11.8 Å². The predicted octanol–water partition coefficient (Wildman–Crippen LogP) is 4.93. The number of rotatable bonds is 8. The van der Waals surface area contributed by atoms with E-state index in [0.29, 0.717) is 13.1 Å². The van der Waals surface area contributed by atoms with Crippen molar-refractivity contribution in [3.63, 3.8) is 0 Å². The van der Waals surface area contributed by atoms with Crippen LogP contribution < -0.4 is 10.6 Å². The molecular weight excluding hydrogens is 384 g/mol. The highest BCUT2D eigenvalue weighted by atomic mass is 16.2. The average Bonchev–Trinajstić information content (AvgIpc) is 3.09. The summed E-state index contributed by atoms with van der Waals surface area (Å²) >= 11 is 0. The van der Waals surface area contributed by atoms with Crippen molar-refractivity contribution in [3.05, 3.63) is 96.1 Å². The summed E-state index contributed by atoms with van der Waals surface area (Å²) in [6, 6.07) is 19.7. The van der Waals surface area contributed by atoms with E-state index in [1.54, 1.807) is 12.2 Å². The summed E-state index contributed by atoms with van der Waals surface area (Å²) < 4.78 is 0. The number of amides is 2. The quantitative estimate of drug-likeness (QED) is 0.600. The van der Waals surface area contributed by atoms with Gasteiger partial charge in [-0.05, 0) is 47.0 Å². The lowest BCUT2D eigenvalue weighted by Gasteiger charge is -2.36. The predicted molar refractivity (Wildman–Crippen MR) is 125 cm³/mol. The van der Waals surface area contributed by atoms with E-state index < -0.39 is 0 Å². The molecule has 2 atom stereocenters. The molecule has 0 saturated heterocycles. The second kappa shape index (κ2) is 10.3. The molecule has 2 aromatic rings.